The van der Waals surface area contributed by atoms with Crippen molar-refractivity contribution in [2.45, 2.75) is 12.5 Å². The Hall–Kier alpha value is -3.66. The molecule has 4 heterocycles. The highest BCUT2D eigenvalue weighted by Crippen LogP contribution is 2.26. The number of hydrogen-bond donors (Lipinski definition) is 1. The predicted octanol–water partition coefficient (Wildman–Crippen LogP) is 1.54. The van der Waals surface area contributed by atoms with Crippen LogP contribution in [0, 0.1) is 0 Å². The van der Waals surface area contributed by atoms with Crippen molar-refractivity contribution < 1.29 is 19.1 Å². The van der Waals surface area contributed by atoms with Gasteiger partial charge in [-0.2, -0.15) is 5.10 Å². The highest BCUT2D eigenvalue weighted by Gasteiger charge is 2.39. The second-order valence-corrected chi connectivity index (χ2v) is 8.34. The van der Waals surface area contributed by atoms with Gasteiger partial charge in [-0.15, -0.1) is 0 Å². The van der Waals surface area contributed by atoms with Crippen molar-refractivity contribution in [2.75, 3.05) is 44.3 Å². The summed E-state index contributed by atoms with van der Waals surface area (Å²) in [7, 11) is 0. The van der Waals surface area contributed by atoms with E-state index in [-0.39, 0.29) is 6.09 Å². The molecule has 2 amide bonds. The summed E-state index contributed by atoms with van der Waals surface area (Å²) in [6, 6.07) is 8.98. The fraction of sp³-hybridized carbons (Fsp3) is 0.364. The van der Waals surface area contributed by atoms with Crippen LogP contribution in [0.3, 0.4) is 0 Å². The maximum absolute atomic E-state index is 12.4. The first kappa shape index (κ1) is 20.3. The van der Waals surface area contributed by atoms with Gasteiger partial charge in [0.15, 0.2) is 11.2 Å². The van der Waals surface area contributed by atoms with E-state index in [1.807, 2.05) is 31.3 Å². The zero-order valence-corrected chi connectivity index (χ0v) is 17.7. The molecule has 5 rings (SSSR count). The van der Waals surface area contributed by atoms with Gasteiger partial charge in [0.2, 0.25) is 5.91 Å². The van der Waals surface area contributed by atoms with Crippen LogP contribution in [0.5, 0.6) is 0 Å². The highest BCUT2D eigenvalue weighted by atomic mass is 16.6. The first-order chi connectivity index (χ1) is 15.4. The van der Waals surface area contributed by atoms with Crippen molar-refractivity contribution in [1.82, 2.24) is 19.5 Å². The van der Waals surface area contributed by atoms with Crippen molar-refractivity contribution in [3.8, 4) is 11.1 Å². The van der Waals surface area contributed by atoms with Crippen molar-refractivity contribution >= 4 is 23.5 Å². The molecular formula is C22H24N6O4. The second kappa shape index (κ2) is 7.79. The molecule has 3 aromatic rings. The Morgan fingerprint density at radius 1 is 1.09 bits per heavy atom. The molecule has 0 spiro atoms. The summed E-state index contributed by atoms with van der Waals surface area (Å²) in [5.74, 6) is 0.357. The second-order valence-electron chi connectivity index (χ2n) is 8.34. The Morgan fingerprint density at radius 3 is 2.44 bits per heavy atom. The minimum Gasteiger partial charge on any atom is -0.438 e. The average Bonchev–Trinajstić information content (AvgIpc) is 3.21. The number of rotatable bonds is 4. The molecule has 32 heavy (non-hydrogen) atoms. The SMILES string of the molecule is CC1(OC(=O)N2CCN(c3ccn4ncc(-c5ccc(C(N)=O)cc5)c4n3)CC2)COC1. The lowest BCUT2D eigenvalue weighted by Crippen LogP contribution is -2.55. The molecule has 2 fully saturated rings. The Morgan fingerprint density at radius 2 is 1.81 bits per heavy atom. The number of anilines is 1. The van der Waals surface area contributed by atoms with Gasteiger partial charge in [-0.05, 0) is 30.7 Å². The maximum atomic E-state index is 12.4. The van der Waals surface area contributed by atoms with Crippen molar-refractivity contribution in [3.63, 3.8) is 0 Å². The van der Waals surface area contributed by atoms with Crippen LogP contribution in [0.1, 0.15) is 17.3 Å². The number of piperazine rings is 1. The summed E-state index contributed by atoms with van der Waals surface area (Å²) in [6.45, 7) is 5.20. The molecular weight excluding hydrogens is 412 g/mol. The van der Waals surface area contributed by atoms with Gasteiger partial charge in [-0.1, -0.05) is 12.1 Å². The molecule has 2 aliphatic rings. The smallest absolute Gasteiger partial charge is 0.410 e. The number of primary amides is 1. The van der Waals surface area contributed by atoms with Crippen LogP contribution in [0.4, 0.5) is 10.6 Å². The standard InChI is InChI=1S/C22H24N6O4/c1-22(13-31-14-22)32-21(30)27-10-8-26(9-11-27)18-6-7-28-20(25-18)17(12-24-28)15-2-4-16(5-3-15)19(23)29/h2-7,12H,8-11,13-14H2,1H3,(H2,23,29). The van der Waals surface area contributed by atoms with E-state index in [4.69, 9.17) is 20.2 Å². The monoisotopic (exact) mass is 436 g/mol. The van der Waals surface area contributed by atoms with Crippen molar-refractivity contribution in [3.05, 3.63) is 48.3 Å². The maximum Gasteiger partial charge on any atom is 0.410 e. The Kier molecular flexibility index (Phi) is 4.93. The molecule has 0 bridgehead atoms. The number of amides is 2. The lowest BCUT2D eigenvalue weighted by molar-refractivity contribution is -0.172. The number of ether oxygens (including phenoxy) is 2. The van der Waals surface area contributed by atoms with E-state index in [1.54, 1.807) is 27.7 Å². The molecule has 2 N–H and O–H groups in total. The number of hydrogen-bond acceptors (Lipinski definition) is 7. The zero-order valence-electron chi connectivity index (χ0n) is 17.7. The van der Waals surface area contributed by atoms with Gasteiger partial charge in [0.1, 0.15) is 5.82 Å². The van der Waals surface area contributed by atoms with E-state index in [9.17, 15) is 9.59 Å². The molecule has 0 aliphatic carbocycles. The minimum atomic E-state index is -0.505. The van der Waals surface area contributed by atoms with Crippen molar-refractivity contribution in [2.24, 2.45) is 5.73 Å². The van der Waals surface area contributed by atoms with E-state index in [0.29, 0.717) is 50.6 Å². The third-order valence-corrected chi connectivity index (χ3v) is 5.85. The van der Waals surface area contributed by atoms with Crippen LogP contribution < -0.4 is 10.6 Å². The number of nitrogens with zero attached hydrogens (tertiary/aromatic N) is 5. The van der Waals surface area contributed by atoms with Crippen molar-refractivity contribution in [1.29, 1.82) is 0 Å². The molecule has 0 radical (unpaired) electrons. The number of aromatic nitrogens is 3. The molecule has 1 aromatic carbocycles. The normalized spacial score (nSPS) is 17.8. The third kappa shape index (κ3) is 3.73. The predicted molar refractivity (Wildman–Crippen MR) is 116 cm³/mol. The summed E-state index contributed by atoms with van der Waals surface area (Å²) in [5.41, 5.74) is 7.76. The molecule has 10 nitrogen and oxygen atoms in total. The van der Waals surface area contributed by atoms with E-state index in [1.165, 1.54) is 0 Å². The van der Waals surface area contributed by atoms with Gasteiger partial charge in [0, 0.05) is 43.5 Å². The van der Waals surface area contributed by atoms with Crippen LogP contribution in [-0.2, 0) is 9.47 Å². The molecule has 10 heteroatoms. The van der Waals surface area contributed by atoms with Crippen LogP contribution in [-0.4, -0.2) is 76.5 Å². The fourth-order valence-electron chi connectivity index (χ4n) is 3.90. The average molecular weight is 436 g/mol. The van der Waals surface area contributed by atoms with Gasteiger partial charge >= 0.3 is 6.09 Å². The molecule has 2 saturated heterocycles. The van der Waals surface area contributed by atoms with Crippen LogP contribution in [0.15, 0.2) is 42.7 Å². The molecule has 2 aromatic heterocycles. The largest absolute Gasteiger partial charge is 0.438 e. The number of carbonyl (C=O) groups excluding carboxylic acids is 2. The molecule has 2 aliphatic heterocycles. The number of nitrogens with two attached hydrogens (primary N) is 1. The molecule has 166 valence electrons. The number of carbonyl (C=O) groups is 2. The van der Waals surface area contributed by atoms with Gasteiger partial charge in [-0.25, -0.2) is 14.3 Å². The van der Waals surface area contributed by atoms with Gasteiger partial charge in [0.25, 0.3) is 0 Å². The Labute approximate surface area is 184 Å². The third-order valence-electron chi connectivity index (χ3n) is 5.85. The molecule has 0 saturated carbocycles. The molecule has 0 atom stereocenters. The summed E-state index contributed by atoms with van der Waals surface area (Å²) in [6.07, 6.45) is 3.33. The van der Waals surface area contributed by atoms with Gasteiger partial charge in [0.05, 0.1) is 19.4 Å². The number of fused-ring (bicyclic) bond motifs is 1. The van der Waals surface area contributed by atoms with E-state index in [2.05, 4.69) is 10.00 Å². The van der Waals surface area contributed by atoms with Crippen LogP contribution >= 0.6 is 0 Å². The lowest BCUT2D eigenvalue weighted by Gasteiger charge is -2.40. The minimum absolute atomic E-state index is 0.295. The first-order valence-electron chi connectivity index (χ1n) is 10.5. The number of benzene rings is 1. The Balaban J connectivity index is 1.30. The summed E-state index contributed by atoms with van der Waals surface area (Å²) < 4.78 is 12.4. The van der Waals surface area contributed by atoms with E-state index in [0.717, 1.165) is 16.9 Å². The quantitative estimate of drug-likeness (QED) is 0.660. The lowest BCUT2D eigenvalue weighted by atomic mass is 10.1. The van der Waals surface area contributed by atoms with Crippen LogP contribution in [0.2, 0.25) is 0 Å². The summed E-state index contributed by atoms with van der Waals surface area (Å²) >= 11 is 0. The van der Waals surface area contributed by atoms with Gasteiger partial charge in [-0.3, -0.25) is 4.79 Å². The van der Waals surface area contributed by atoms with Crippen LogP contribution in [0.25, 0.3) is 16.8 Å². The zero-order chi connectivity index (χ0) is 22.3. The highest BCUT2D eigenvalue weighted by molar-refractivity contribution is 5.93. The fourth-order valence-corrected chi connectivity index (χ4v) is 3.90. The summed E-state index contributed by atoms with van der Waals surface area (Å²) in [4.78, 5) is 32.5. The summed E-state index contributed by atoms with van der Waals surface area (Å²) in [5, 5.41) is 4.39. The van der Waals surface area contributed by atoms with E-state index < -0.39 is 11.5 Å². The Bertz CT molecular complexity index is 1160. The first-order valence-corrected chi connectivity index (χ1v) is 10.5. The molecule has 0 unspecified atom stereocenters. The van der Waals surface area contributed by atoms with E-state index >= 15 is 0 Å². The topological polar surface area (TPSA) is 115 Å². The van der Waals surface area contributed by atoms with Gasteiger partial charge < -0.3 is 25.0 Å².